The van der Waals surface area contributed by atoms with Crippen LogP contribution in [0.5, 0.6) is 0 Å². The molecule has 142 valence electrons. The smallest absolute Gasteiger partial charge is 0.246 e. The van der Waals surface area contributed by atoms with Crippen LogP contribution in [0.25, 0.3) is 0 Å². The van der Waals surface area contributed by atoms with E-state index in [1.807, 2.05) is 32.9 Å². The van der Waals surface area contributed by atoms with E-state index in [0.717, 1.165) is 5.56 Å². The van der Waals surface area contributed by atoms with Crippen LogP contribution in [-0.2, 0) is 11.3 Å². The van der Waals surface area contributed by atoms with Crippen molar-refractivity contribution >= 4 is 29.2 Å². The van der Waals surface area contributed by atoms with Gasteiger partial charge in [0.25, 0.3) is 0 Å². The van der Waals surface area contributed by atoms with Crippen molar-refractivity contribution in [3.05, 3.63) is 45.5 Å². The number of rotatable bonds is 7. The van der Waals surface area contributed by atoms with Crippen LogP contribution in [0.3, 0.4) is 0 Å². The molecule has 0 radical (unpaired) electrons. The second-order valence-electron chi connectivity index (χ2n) is 5.61. The number of aliphatic imine (C=N–C) groups is 1. The highest BCUT2D eigenvalue weighted by molar-refractivity contribution is 6.42. The number of hydrogen-bond donors (Lipinski definition) is 2. The first-order chi connectivity index (χ1) is 12.4. The zero-order valence-electron chi connectivity index (χ0n) is 15.2. The zero-order chi connectivity index (χ0) is 19.1. The number of halogens is 2. The first kappa shape index (κ1) is 20.5. The van der Waals surface area contributed by atoms with Crippen molar-refractivity contribution < 1.29 is 9.26 Å². The molecule has 26 heavy (non-hydrogen) atoms. The van der Waals surface area contributed by atoms with Crippen molar-refractivity contribution in [1.82, 2.24) is 20.8 Å². The molecule has 2 aromatic rings. The van der Waals surface area contributed by atoms with Gasteiger partial charge in [-0.3, -0.25) is 4.99 Å². The Morgan fingerprint density at radius 1 is 1.31 bits per heavy atom. The first-order valence-corrected chi connectivity index (χ1v) is 9.06. The van der Waals surface area contributed by atoms with Gasteiger partial charge < -0.3 is 19.9 Å². The number of aromatic nitrogens is 2. The second kappa shape index (κ2) is 9.75. The molecule has 2 N–H and O–H groups in total. The molecule has 9 heteroatoms. The van der Waals surface area contributed by atoms with Crippen molar-refractivity contribution in [2.75, 3.05) is 13.7 Å². The third-order valence-electron chi connectivity index (χ3n) is 3.69. The summed E-state index contributed by atoms with van der Waals surface area (Å²) in [5.41, 5.74) is 0.993. The molecule has 2 atom stereocenters. The summed E-state index contributed by atoms with van der Waals surface area (Å²) in [7, 11) is 1.69. The Balaban J connectivity index is 1.92. The molecule has 0 aliphatic heterocycles. The molecule has 1 heterocycles. The largest absolute Gasteiger partial charge is 0.371 e. The highest BCUT2D eigenvalue weighted by Gasteiger charge is 2.15. The first-order valence-electron chi connectivity index (χ1n) is 8.30. The summed E-state index contributed by atoms with van der Waals surface area (Å²) >= 11 is 12.0. The summed E-state index contributed by atoms with van der Waals surface area (Å²) in [6, 6.07) is 5.49. The molecule has 0 aliphatic rings. The number of guanidine groups is 1. The average Bonchev–Trinajstić information content (AvgIpc) is 3.10. The van der Waals surface area contributed by atoms with Gasteiger partial charge in [0, 0.05) is 13.7 Å². The maximum absolute atomic E-state index is 6.08. The third-order valence-corrected chi connectivity index (χ3v) is 4.43. The molecule has 1 aromatic heterocycles. The molecule has 2 rings (SSSR count). The van der Waals surface area contributed by atoms with E-state index < -0.39 is 0 Å². The predicted octanol–water partition coefficient (Wildman–Crippen LogP) is 3.90. The van der Waals surface area contributed by atoms with Crippen LogP contribution in [0.4, 0.5) is 0 Å². The Morgan fingerprint density at radius 2 is 2.08 bits per heavy atom. The summed E-state index contributed by atoms with van der Waals surface area (Å²) in [6.45, 7) is 6.74. The fraction of sp³-hybridized carbons (Fsp3) is 0.471. The van der Waals surface area contributed by atoms with Gasteiger partial charge in [-0.05, 0) is 38.5 Å². The fourth-order valence-corrected chi connectivity index (χ4v) is 2.56. The van der Waals surface area contributed by atoms with Crippen LogP contribution in [0.1, 0.15) is 50.2 Å². The van der Waals surface area contributed by atoms with E-state index in [9.17, 15) is 0 Å². The molecule has 0 spiro atoms. The number of hydrogen-bond acceptors (Lipinski definition) is 5. The van der Waals surface area contributed by atoms with Gasteiger partial charge in [-0.2, -0.15) is 4.98 Å². The Bertz CT molecular complexity index is 751. The lowest BCUT2D eigenvalue weighted by molar-refractivity contribution is 0.0683. The molecule has 7 nitrogen and oxygen atoms in total. The van der Waals surface area contributed by atoms with Crippen LogP contribution >= 0.6 is 23.2 Å². The molecule has 0 saturated carbocycles. The topological polar surface area (TPSA) is 84.6 Å². The van der Waals surface area contributed by atoms with E-state index >= 15 is 0 Å². The Morgan fingerprint density at radius 3 is 2.73 bits per heavy atom. The minimum atomic E-state index is -0.204. The van der Waals surface area contributed by atoms with E-state index in [4.69, 9.17) is 32.5 Å². The van der Waals surface area contributed by atoms with Gasteiger partial charge in [-0.1, -0.05) is 34.4 Å². The van der Waals surface area contributed by atoms with E-state index in [2.05, 4.69) is 25.8 Å². The van der Waals surface area contributed by atoms with Crippen LogP contribution in [0.15, 0.2) is 27.7 Å². The third kappa shape index (κ3) is 5.59. The highest BCUT2D eigenvalue weighted by atomic mass is 35.5. The summed E-state index contributed by atoms with van der Waals surface area (Å²) < 4.78 is 10.7. The Hall–Kier alpha value is -1.83. The molecule has 0 bridgehead atoms. The van der Waals surface area contributed by atoms with Gasteiger partial charge in [-0.15, -0.1) is 0 Å². The molecular formula is C17H23Cl2N5O2. The molecule has 0 fully saturated rings. The van der Waals surface area contributed by atoms with E-state index in [1.54, 1.807) is 13.1 Å². The van der Waals surface area contributed by atoms with E-state index in [0.29, 0.717) is 40.9 Å². The fourth-order valence-electron chi connectivity index (χ4n) is 2.25. The predicted molar refractivity (Wildman–Crippen MR) is 103 cm³/mol. The monoisotopic (exact) mass is 399 g/mol. The lowest BCUT2D eigenvalue weighted by Crippen LogP contribution is -2.38. The van der Waals surface area contributed by atoms with Crippen molar-refractivity contribution in [3.8, 4) is 0 Å². The maximum atomic E-state index is 6.08. The molecule has 2 unspecified atom stereocenters. The summed E-state index contributed by atoms with van der Waals surface area (Å²) in [6.07, 6.45) is -0.204. The summed E-state index contributed by atoms with van der Waals surface area (Å²) in [5, 5.41) is 11.4. The standard InChI is InChI=1S/C17H23Cl2N5O2/c1-5-25-11(3)16-23-15(26-24-16)9-21-17(20-4)22-10(2)12-6-7-13(18)14(19)8-12/h6-8,10-11H,5,9H2,1-4H3,(H2,20,21,22). The van der Waals surface area contributed by atoms with E-state index in [-0.39, 0.29) is 12.1 Å². The van der Waals surface area contributed by atoms with Crippen molar-refractivity contribution in [2.24, 2.45) is 4.99 Å². The molecule has 0 aliphatic carbocycles. The van der Waals surface area contributed by atoms with Gasteiger partial charge in [0.15, 0.2) is 11.8 Å². The highest BCUT2D eigenvalue weighted by Crippen LogP contribution is 2.25. The SMILES string of the molecule is CCOC(C)c1noc(CNC(=NC)NC(C)c2ccc(Cl)c(Cl)c2)n1. The van der Waals surface area contributed by atoms with Gasteiger partial charge in [0.1, 0.15) is 6.10 Å². The number of nitrogens with one attached hydrogen (secondary N) is 2. The lowest BCUT2D eigenvalue weighted by atomic mass is 10.1. The van der Waals surface area contributed by atoms with Gasteiger partial charge in [0.05, 0.1) is 22.6 Å². The van der Waals surface area contributed by atoms with Crippen LogP contribution < -0.4 is 10.6 Å². The molecule has 0 saturated heterocycles. The minimum absolute atomic E-state index is 0.0211. The normalized spacial score (nSPS) is 14.2. The molecular weight excluding hydrogens is 377 g/mol. The number of nitrogens with zero attached hydrogens (tertiary/aromatic N) is 3. The lowest BCUT2D eigenvalue weighted by Gasteiger charge is -2.18. The molecule has 0 amide bonds. The van der Waals surface area contributed by atoms with E-state index in [1.165, 1.54) is 0 Å². The zero-order valence-corrected chi connectivity index (χ0v) is 16.7. The quantitative estimate of drug-likeness (QED) is 0.542. The Labute approximate surface area is 163 Å². The van der Waals surface area contributed by atoms with Gasteiger partial charge in [-0.25, -0.2) is 0 Å². The van der Waals surface area contributed by atoms with Gasteiger partial charge in [0.2, 0.25) is 5.89 Å². The minimum Gasteiger partial charge on any atom is -0.371 e. The Kier molecular flexibility index (Phi) is 7.68. The average molecular weight is 400 g/mol. The van der Waals surface area contributed by atoms with Crippen LogP contribution in [-0.4, -0.2) is 29.8 Å². The molecule has 1 aromatic carbocycles. The van der Waals surface area contributed by atoms with Crippen molar-refractivity contribution in [2.45, 2.75) is 39.5 Å². The van der Waals surface area contributed by atoms with Crippen molar-refractivity contribution in [3.63, 3.8) is 0 Å². The van der Waals surface area contributed by atoms with Crippen LogP contribution in [0.2, 0.25) is 10.0 Å². The van der Waals surface area contributed by atoms with Crippen LogP contribution in [0, 0.1) is 0 Å². The number of benzene rings is 1. The maximum Gasteiger partial charge on any atom is 0.246 e. The number of ether oxygens (including phenoxy) is 1. The van der Waals surface area contributed by atoms with Crippen molar-refractivity contribution in [1.29, 1.82) is 0 Å². The second-order valence-corrected chi connectivity index (χ2v) is 6.42. The summed E-state index contributed by atoms with van der Waals surface area (Å²) in [5.74, 6) is 1.58. The van der Waals surface area contributed by atoms with Gasteiger partial charge >= 0.3 is 0 Å². The summed E-state index contributed by atoms with van der Waals surface area (Å²) in [4.78, 5) is 8.51.